The number of aliphatic hydroxyl groups is 1. The van der Waals surface area contributed by atoms with E-state index in [9.17, 15) is 9.90 Å². The molecule has 22 heavy (non-hydrogen) atoms. The summed E-state index contributed by atoms with van der Waals surface area (Å²) in [4.78, 5) is 12.0. The molecule has 4 heteroatoms. The molecule has 0 bridgehead atoms. The second-order valence-electron chi connectivity index (χ2n) is 5.34. The number of hydrogen-bond acceptors (Lipinski definition) is 2. The molecule has 0 saturated heterocycles. The number of rotatable bonds is 4. The van der Waals surface area contributed by atoms with Crippen molar-refractivity contribution in [3.05, 3.63) is 71.9 Å². The summed E-state index contributed by atoms with van der Waals surface area (Å²) in [6, 6.07) is 16.8. The van der Waals surface area contributed by atoms with Gasteiger partial charge in [-0.1, -0.05) is 24.3 Å². The average Bonchev–Trinajstić information content (AvgIpc) is 2.93. The molecule has 0 aliphatic heterocycles. The molecule has 1 heterocycles. The van der Waals surface area contributed by atoms with E-state index < -0.39 is 6.10 Å². The van der Waals surface area contributed by atoms with Crippen LogP contribution in [-0.4, -0.2) is 22.1 Å². The summed E-state index contributed by atoms with van der Waals surface area (Å²) in [6.07, 6.45) is 1.26. The third kappa shape index (κ3) is 2.87. The maximum atomic E-state index is 12.0. The standard InChI is InChI=1S/C18H18N2O2/c1-20-10-9-14-11-15(7-8-16(14)20)17(21)12-19-18(22)13-5-3-2-4-6-13/h2-11,17,21H,12H2,1H3,(H,19,22)/t17-/m0/s1. The van der Waals surface area contributed by atoms with Gasteiger partial charge >= 0.3 is 0 Å². The fourth-order valence-electron chi connectivity index (χ4n) is 2.51. The van der Waals surface area contributed by atoms with E-state index in [1.807, 2.05) is 60.3 Å². The molecule has 0 fully saturated rings. The molecule has 1 atom stereocenters. The van der Waals surface area contributed by atoms with Crippen molar-refractivity contribution in [2.75, 3.05) is 6.54 Å². The molecule has 4 nitrogen and oxygen atoms in total. The minimum absolute atomic E-state index is 0.180. The number of fused-ring (bicyclic) bond motifs is 1. The van der Waals surface area contributed by atoms with Gasteiger partial charge in [0.05, 0.1) is 6.10 Å². The van der Waals surface area contributed by atoms with Gasteiger partial charge in [-0.15, -0.1) is 0 Å². The Kier molecular flexibility index (Phi) is 3.94. The van der Waals surface area contributed by atoms with Crippen LogP contribution in [0.4, 0.5) is 0 Å². The van der Waals surface area contributed by atoms with Gasteiger partial charge in [-0.3, -0.25) is 4.79 Å². The number of nitrogens with one attached hydrogen (secondary N) is 1. The lowest BCUT2D eigenvalue weighted by molar-refractivity contribution is 0.0916. The first-order chi connectivity index (χ1) is 10.6. The predicted molar refractivity (Wildman–Crippen MR) is 86.7 cm³/mol. The van der Waals surface area contributed by atoms with Crippen LogP contribution in [-0.2, 0) is 7.05 Å². The van der Waals surface area contributed by atoms with Crippen molar-refractivity contribution >= 4 is 16.8 Å². The van der Waals surface area contributed by atoms with E-state index in [1.165, 1.54) is 0 Å². The second-order valence-corrected chi connectivity index (χ2v) is 5.34. The summed E-state index contributed by atoms with van der Waals surface area (Å²) in [7, 11) is 1.98. The lowest BCUT2D eigenvalue weighted by Gasteiger charge is -2.13. The van der Waals surface area contributed by atoms with Gasteiger partial charge in [0.2, 0.25) is 0 Å². The summed E-state index contributed by atoms with van der Waals surface area (Å²) < 4.78 is 2.03. The van der Waals surface area contributed by atoms with Crippen LogP contribution in [0.25, 0.3) is 10.9 Å². The van der Waals surface area contributed by atoms with Crippen LogP contribution in [0.1, 0.15) is 22.0 Å². The number of carbonyl (C=O) groups is 1. The molecule has 0 aliphatic carbocycles. The van der Waals surface area contributed by atoms with E-state index in [0.717, 1.165) is 16.5 Å². The van der Waals surface area contributed by atoms with E-state index in [1.54, 1.807) is 12.1 Å². The normalized spacial score (nSPS) is 12.3. The molecule has 0 aliphatic rings. The molecule has 2 N–H and O–H groups in total. The first-order valence-electron chi connectivity index (χ1n) is 7.21. The fourth-order valence-corrected chi connectivity index (χ4v) is 2.51. The zero-order valence-electron chi connectivity index (χ0n) is 12.4. The topological polar surface area (TPSA) is 54.3 Å². The first kappa shape index (κ1) is 14.4. The molecule has 1 aromatic heterocycles. The molecule has 0 saturated carbocycles. The summed E-state index contributed by atoms with van der Waals surface area (Å²) >= 11 is 0. The highest BCUT2D eigenvalue weighted by atomic mass is 16.3. The number of hydrogen-bond donors (Lipinski definition) is 2. The maximum Gasteiger partial charge on any atom is 0.251 e. The number of nitrogens with zero attached hydrogens (tertiary/aromatic N) is 1. The van der Waals surface area contributed by atoms with Gasteiger partial charge < -0.3 is 15.0 Å². The highest BCUT2D eigenvalue weighted by Crippen LogP contribution is 2.20. The van der Waals surface area contributed by atoms with Crippen LogP contribution >= 0.6 is 0 Å². The predicted octanol–water partition coefficient (Wildman–Crippen LogP) is 2.64. The van der Waals surface area contributed by atoms with E-state index in [4.69, 9.17) is 0 Å². The zero-order chi connectivity index (χ0) is 15.5. The van der Waals surface area contributed by atoms with Crippen molar-refractivity contribution in [1.29, 1.82) is 0 Å². The number of aliphatic hydroxyl groups excluding tert-OH is 1. The molecular formula is C18H18N2O2. The number of benzene rings is 2. The summed E-state index contributed by atoms with van der Waals surface area (Å²) in [5, 5.41) is 14.1. The Bertz CT molecular complexity index is 793. The third-order valence-corrected chi connectivity index (χ3v) is 3.79. The Labute approximate surface area is 129 Å². The van der Waals surface area contributed by atoms with E-state index in [2.05, 4.69) is 5.32 Å². The van der Waals surface area contributed by atoms with Crippen molar-refractivity contribution < 1.29 is 9.90 Å². The van der Waals surface area contributed by atoms with Gasteiger partial charge in [-0.2, -0.15) is 0 Å². The zero-order valence-corrected chi connectivity index (χ0v) is 12.4. The maximum absolute atomic E-state index is 12.0. The van der Waals surface area contributed by atoms with E-state index in [0.29, 0.717) is 5.56 Å². The SMILES string of the molecule is Cn1ccc2cc([C@@H](O)CNC(=O)c3ccccc3)ccc21. The number of carbonyl (C=O) groups excluding carboxylic acids is 1. The first-order valence-corrected chi connectivity index (χ1v) is 7.21. The molecule has 0 radical (unpaired) electrons. The van der Waals surface area contributed by atoms with Crippen LogP contribution < -0.4 is 5.32 Å². The molecular weight excluding hydrogens is 276 g/mol. The molecule has 1 amide bonds. The quantitative estimate of drug-likeness (QED) is 0.777. The van der Waals surface area contributed by atoms with E-state index >= 15 is 0 Å². The fraction of sp³-hybridized carbons (Fsp3) is 0.167. The minimum atomic E-state index is -0.725. The van der Waals surface area contributed by atoms with Gasteiger partial charge in [-0.05, 0) is 41.3 Å². The van der Waals surface area contributed by atoms with Crippen molar-refractivity contribution in [2.45, 2.75) is 6.10 Å². The lowest BCUT2D eigenvalue weighted by atomic mass is 10.1. The Balaban J connectivity index is 1.68. The molecule has 2 aromatic carbocycles. The second kappa shape index (κ2) is 6.03. The average molecular weight is 294 g/mol. The Morgan fingerprint density at radius 1 is 1.18 bits per heavy atom. The Hall–Kier alpha value is -2.59. The van der Waals surface area contributed by atoms with Gasteiger partial charge in [-0.25, -0.2) is 0 Å². The van der Waals surface area contributed by atoms with Crippen LogP contribution in [0.5, 0.6) is 0 Å². The number of aryl methyl sites for hydroxylation is 1. The molecule has 0 unspecified atom stereocenters. The third-order valence-electron chi connectivity index (χ3n) is 3.79. The Morgan fingerprint density at radius 2 is 1.95 bits per heavy atom. The van der Waals surface area contributed by atoms with Gasteiger partial charge in [0.15, 0.2) is 0 Å². The molecule has 3 aromatic rings. The van der Waals surface area contributed by atoms with Crippen LogP contribution in [0.15, 0.2) is 60.8 Å². The summed E-state index contributed by atoms with van der Waals surface area (Å²) in [6.45, 7) is 0.187. The number of amides is 1. The van der Waals surface area contributed by atoms with Crippen molar-refractivity contribution in [3.63, 3.8) is 0 Å². The van der Waals surface area contributed by atoms with Gasteiger partial charge in [0, 0.05) is 30.9 Å². The van der Waals surface area contributed by atoms with Gasteiger partial charge in [0.25, 0.3) is 5.91 Å². The van der Waals surface area contributed by atoms with Crippen molar-refractivity contribution in [3.8, 4) is 0 Å². The van der Waals surface area contributed by atoms with Crippen molar-refractivity contribution in [2.24, 2.45) is 7.05 Å². The molecule has 3 rings (SSSR count). The van der Waals surface area contributed by atoms with E-state index in [-0.39, 0.29) is 12.5 Å². The Morgan fingerprint density at radius 3 is 2.73 bits per heavy atom. The molecule has 112 valence electrons. The highest BCUT2D eigenvalue weighted by Gasteiger charge is 2.11. The summed E-state index contributed by atoms with van der Waals surface area (Å²) in [5.41, 5.74) is 2.50. The monoisotopic (exact) mass is 294 g/mol. The summed E-state index contributed by atoms with van der Waals surface area (Å²) in [5.74, 6) is -0.180. The van der Waals surface area contributed by atoms with Crippen molar-refractivity contribution in [1.82, 2.24) is 9.88 Å². The molecule has 0 spiro atoms. The lowest BCUT2D eigenvalue weighted by Crippen LogP contribution is -2.28. The smallest absolute Gasteiger partial charge is 0.251 e. The number of aromatic nitrogens is 1. The van der Waals surface area contributed by atoms with Crippen LogP contribution in [0.2, 0.25) is 0 Å². The largest absolute Gasteiger partial charge is 0.387 e. The van der Waals surface area contributed by atoms with Crippen LogP contribution in [0, 0.1) is 0 Å². The van der Waals surface area contributed by atoms with Gasteiger partial charge in [0.1, 0.15) is 0 Å². The highest BCUT2D eigenvalue weighted by molar-refractivity contribution is 5.94. The minimum Gasteiger partial charge on any atom is -0.387 e. The van der Waals surface area contributed by atoms with Crippen LogP contribution in [0.3, 0.4) is 0 Å².